The predicted octanol–water partition coefficient (Wildman–Crippen LogP) is -3.96. The maximum absolute atomic E-state index is 13.8. The molecule has 5 heterocycles. The average Bonchev–Trinajstić information content (AvgIpc) is 1.81. The molecule has 5 fully saturated rings. The van der Waals surface area contributed by atoms with Gasteiger partial charge < -0.3 is 179 Å². The van der Waals surface area contributed by atoms with Gasteiger partial charge in [0.2, 0.25) is 53.2 Å². The van der Waals surface area contributed by atoms with Gasteiger partial charge in [0.25, 0.3) is 7.82 Å². The predicted molar refractivity (Wildman–Crippen MR) is 464 cm³/mol. The van der Waals surface area contributed by atoms with Gasteiger partial charge in [-0.15, -0.1) is 0 Å². The molecule has 768 valence electrons. The number of carbonyl (C=O) groups excluding carboxylic acids is 9. The summed E-state index contributed by atoms with van der Waals surface area (Å²) in [6.45, 7) is 15.0. The normalized spacial score (nSPS) is 28.2. The zero-order valence-electron chi connectivity index (χ0n) is 78.2. The van der Waals surface area contributed by atoms with Crippen molar-refractivity contribution < 1.29 is 180 Å². The third-order valence-electron chi connectivity index (χ3n) is 22.1. The van der Waals surface area contributed by atoms with Gasteiger partial charge in [0.1, 0.15) is 97.5 Å². The lowest BCUT2D eigenvalue weighted by molar-refractivity contribution is -0.282. The Balaban J connectivity index is 0.000000919. The topological polar surface area (TPSA) is 665 Å². The molecule has 0 radical (unpaired) electrons. The summed E-state index contributed by atoms with van der Waals surface area (Å²) in [6, 6.07) is -3.49. The highest BCUT2D eigenvalue weighted by molar-refractivity contribution is 7.45. The Morgan fingerprint density at radius 1 is 0.439 bits per heavy atom. The molecule has 46 nitrogen and oxygen atoms in total. The van der Waals surface area contributed by atoms with Gasteiger partial charge in [-0.25, -0.2) is 0 Å². The standard InChI is InChI=1S/C64H116N8O27.C21H40NO10P/c1-40(76)69-51-57(87)54(84)43(33-73)97-60(51)93-27-16-10-7-13-24-65-47(80)21-30-90-36-64(72-50(83)20-19-46(79)68-39-96-63(4,5)6,37-91-31-22-48(81)66-25-14-8-11-17-28-94-61-52(70-41(2)77)58(88)55(85)44(34-74)98-61)38-92-32-23-49(82)67-26-15-9-12-18-29-95-62-53(71-42(3)78)59(89)56(86)45(35-75)99-62;1-13(2)32-33(27,28)30-12-16-9-14(3)10-22(16)18(24)7-5-6-8-29-21-15(4)19(25)20(26)17(11-23)31-21/h43-45,51-62,73-75,84-89H,7-39H2,1-6H3,(H,65,80)(H,66,81)(H,67,82)(H,68,79)(H,69,76)(H,70,77)(H,71,78)(H,72,83);13-17,19-21,23,25-26H,5-12H2,1-4H3,(H,27,28)/p-1/t43?,44?,45?,51?,52?,53?,54-,55-,56-,57+,58+,59+,60+,61+,62+,64?;14-,15?,16+,17?,19?,20?,21?/m01/s1. The van der Waals surface area contributed by atoms with Gasteiger partial charge in [-0.1, -0.05) is 52.4 Å². The number of ether oxygens (including phenoxy) is 12. The van der Waals surface area contributed by atoms with E-state index in [1.54, 1.807) is 25.7 Å². The maximum atomic E-state index is 13.8. The number of likely N-dealkylation sites (tertiary alicyclic amines) is 1. The molecule has 5 aliphatic heterocycles. The first-order valence-electron chi connectivity index (χ1n) is 46.0. The number of amides is 9. The summed E-state index contributed by atoms with van der Waals surface area (Å²) in [5, 5.41) is 142. The molecule has 132 heavy (non-hydrogen) atoms. The lowest BCUT2D eigenvalue weighted by atomic mass is 9.92. The van der Waals surface area contributed by atoms with Crippen LogP contribution < -0.4 is 47.4 Å². The highest BCUT2D eigenvalue weighted by Crippen LogP contribution is 2.41. The molecule has 23 atom stereocenters. The molecule has 0 aliphatic carbocycles. The van der Waals surface area contributed by atoms with E-state index in [2.05, 4.69) is 42.5 Å². The van der Waals surface area contributed by atoms with Crippen molar-refractivity contribution in [2.75, 3.05) is 132 Å². The number of aliphatic hydroxyl groups is 12. The van der Waals surface area contributed by atoms with Crippen LogP contribution in [-0.4, -0.2) is 391 Å². The van der Waals surface area contributed by atoms with Gasteiger partial charge in [0.15, 0.2) is 25.2 Å². The molecule has 12 unspecified atom stereocenters. The maximum Gasteiger partial charge on any atom is 0.268 e. The molecule has 5 rings (SSSR count). The van der Waals surface area contributed by atoms with Crippen molar-refractivity contribution in [2.45, 2.75) is 344 Å². The number of phosphoric ester groups is 1. The number of hydrogen-bond acceptors (Lipinski definition) is 37. The largest absolute Gasteiger partial charge is 0.756 e. The Morgan fingerprint density at radius 2 is 0.780 bits per heavy atom. The first-order valence-corrected chi connectivity index (χ1v) is 47.5. The average molecular weight is 1930 g/mol. The highest BCUT2D eigenvalue weighted by Gasteiger charge is 2.49. The second-order valence-electron chi connectivity index (χ2n) is 35.3. The van der Waals surface area contributed by atoms with E-state index in [-0.39, 0.29) is 154 Å². The molecule has 0 aromatic heterocycles. The molecular formula is C85H155N9O37P-. The molecule has 0 bridgehead atoms. The number of unbranched alkanes of at least 4 members (excludes halogenated alkanes) is 10. The fourth-order valence-corrected chi connectivity index (χ4v) is 15.8. The second-order valence-corrected chi connectivity index (χ2v) is 36.6. The summed E-state index contributed by atoms with van der Waals surface area (Å²) in [6.07, 6.45) is -10.7. The first kappa shape index (κ1) is 119. The fourth-order valence-electron chi connectivity index (χ4n) is 14.9. The van der Waals surface area contributed by atoms with E-state index in [1.165, 1.54) is 20.8 Å². The number of rotatable bonds is 63. The Kier molecular flexibility index (Phi) is 57.4. The Bertz CT molecular complexity index is 3160. The number of carbonyl (C=O) groups is 9. The number of nitrogens with one attached hydrogen (secondary N) is 8. The minimum Gasteiger partial charge on any atom is -0.756 e. The molecule has 0 aromatic rings. The van der Waals surface area contributed by atoms with Gasteiger partial charge in [-0.05, 0) is 98.3 Å². The van der Waals surface area contributed by atoms with E-state index >= 15 is 0 Å². The smallest absolute Gasteiger partial charge is 0.268 e. The molecule has 0 saturated carbocycles. The summed E-state index contributed by atoms with van der Waals surface area (Å²) in [4.78, 5) is 127. The number of phosphoric acid groups is 1. The van der Waals surface area contributed by atoms with Crippen LogP contribution in [0.5, 0.6) is 0 Å². The summed E-state index contributed by atoms with van der Waals surface area (Å²) in [5.74, 6) is -3.72. The van der Waals surface area contributed by atoms with E-state index in [0.29, 0.717) is 122 Å². The Labute approximate surface area is 772 Å². The third kappa shape index (κ3) is 45.8. The number of nitrogens with zero attached hydrogens (tertiary/aromatic N) is 1. The van der Waals surface area contributed by atoms with Crippen molar-refractivity contribution in [1.82, 2.24) is 47.4 Å². The van der Waals surface area contributed by atoms with Gasteiger partial charge >= 0.3 is 0 Å². The number of hydrogen-bond donors (Lipinski definition) is 20. The van der Waals surface area contributed by atoms with Crippen molar-refractivity contribution in [1.29, 1.82) is 0 Å². The van der Waals surface area contributed by atoms with Crippen molar-refractivity contribution in [2.24, 2.45) is 11.8 Å². The Morgan fingerprint density at radius 3 is 1.14 bits per heavy atom. The van der Waals surface area contributed by atoms with Gasteiger partial charge in [-0.3, -0.25) is 47.7 Å². The number of aliphatic hydroxyl groups excluding tert-OH is 12. The lowest BCUT2D eigenvalue weighted by Crippen LogP contribution is -2.64. The molecule has 5 saturated heterocycles. The van der Waals surface area contributed by atoms with Crippen LogP contribution in [0.1, 0.15) is 204 Å². The van der Waals surface area contributed by atoms with E-state index in [4.69, 9.17) is 65.9 Å². The summed E-state index contributed by atoms with van der Waals surface area (Å²) < 4.78 is 90.7. The molecule has 9 amide bonds. The Hall–Kier alpha value is -5.62. The summed E-state index contributed by atoms with van der Waals surface area (Å²) >= 11 is 0. The van der Waals surface area contributed by atoms with E-state index < -0.39 is 203 Å². The van der Waals surface area contributed by atoms with E-state index in [0.717, 1.165) is 0 Å². The minimum atomic E-state index is -4.41. The zero-order chi connectivity index (χ0) is 98.1. The van der Waals surface area contributed by atoms with Crippen LogP contribution in [0.25, 0.3) is 0 Å². The minimum absolute atomic E-state index is 0.0698. The molecule has 47 heteroatoms. The third-order valence-corrected chi connectivity index (χ3v) is 23.2. The van der Waals surface area contributed by atoms with Crippen LogP contribution in [0.4, 0.5) is 0 Å². The second kappa shape index (κ2) is 63.8. The van der Waals surface area contributed by atoms with Crippen molar-refractivity contribution in [3.05, 3.63) is 0 Å². The van der Waals surface area contributed by atoms with Crippen molar-refractivity contribution in [3.63, 3.8) is 0 Å². The van der Waals surface area contributed by atoms with Gasteiger partial charge in [-0.2, -0.15) is 0 Å². The highest BCUT2D eigenvalue weighted by atomic mass is 31.2. The van der Waals surface area contributed by atoms with Crippen LogP contribution in [0.3, 0.4) is 0 Å². The summed E-state index contributed by atoms with van der Waals surface area (Å²) in [7, 11) is -4.41. The summed E-state index contributed by atoms with van der Waals surface area (Å²) in [5.41, 5.74) is -2.02. The molecule has 5 aliphatic rings. The molecule has 20 N–H and O–H groups in total. The first-order chi connectivity index (χ1) is 62.6. The van der Waals surface area contributed by atoms with Crippen molar-refractivity contribution in [3.8, 4) is 0 Å². The molecule has 0 spiro atoms. The fraction of sp³-hybridized carbons (Fsp3) is 0.894. The van der Waals surface area contributed by atoms with Crippen LogP contribution in [-0.2, 0) is 114 Å². The van der Waals surface area contributed by atoms with Crippen LogP contribution >= 0.6 is 7.82 Å². The van der Waals surface area contributed by atoms with Crippen LogP contribution in [0.2, 0.25) is 0 Å². The van der Waals surface area contributed by atoms with Gasteiger partial charge in [0.05, 0.1) is 96.5 Å². The van der Waals surface area contributed by atoms with Crippen LogP contribution in [0, 0.1) is 11.8 Å². The lowest BCUT2D eigenvalue weighted by Gasteiger charge is -2.42. The molecular weight excluding hydrogens is 1770 g/mol. The van der Waals surface area contributed by atoms with E-state index in [9.17, 15) is 114 Å². The van der Waals surface area contributed by atoms with Gasteiger partial charge in [0, 0.05) is 118 Å². The quantitative estimate of drug-likeness (QED) is 0.0157. The van der Waals surface area contributed by atoms with E-state index in [1.807, 2.05) is 27.7 Å². The molecule has 0 aromatic carbocycles. The zero-order valence-corrected chi connectivity index (χ0v) is 79.1. The SMILES string of the molecule is CC(=O)NC1[C@H](OCCCCCCNC(=O)CCOCC(COCCC(=O)NCCCCCCO[C@@H]2OC(CO)[C@H](O)[C@H](O)C2NC(C)=O)(COCCC(=O)NCCCCCCO[C@@H]2OC(CO)[C@H](O)[C@H](O)C2NC(C)=O)NC(=O)CCC(=O)NCOC(C)(C)C)OC(CO)[C@H](O)[C@@H]1O.CC(C)OP(=O)([O-])OC[C@@H]1C[C@@H](C)CN1C(=O)CCCCOC1OC(CO)C(O)C(O)C1C. The van der Waals surface area contributed by atoms with Crippen molar-refractivity contribution >= 4 is 61.0 Å². The monoisotopic (exact) mass is 1930 g/mol. The van der Waals surface area contributed by atoms with Crippen LogP contribution in [0.15, 0.2) is 0 Å².